The molecule has 0 aromatic heterocycles. The molecule has 32 heavy (non-hydrogen) atoms. The Morgan fingerprint density at radius 2 is 1.56 bits per heavy atom. The average molecular weight is 439 g/mol. The molecule has 1 aliphatic rings. The number of alkyl halides is 3. The summed E-state index contributed by atoms with van der Waals surface area (Å²) in [5.41, 5.74) is 7.47. The fraction of sp³-hybridized carbons (Fsp3) is 0.357. The molecule has 0 fully saturated rings. The Hall–Kier alpha value is -2.75. The number of halogens is 3. The number of fused-ring (bicyclic) bond motifs is 1. The van der Waals surface area contributed by atoms with Crippen LogP contribution < -0.4 is 4.74 Å². The van der Waals surface area contributed by atoms with Crippen molar-refractivity contribution in [1.82, 2.24) is 0 Å². The lowest BCUT2D eigenvalue weighted by molar-refractivity contribution is -0.274. The molecule has 0 bridgehead atoms. The van der Waals surface area contributed by atoms with Crippen LogP contribution in [-0.4, -0.2) is 6.36 Å². The van der Waals surface area contributed by atoms with Crippen molar-refractivity contribution in [3.8, 4) is 16.9 Å². The summed E-state index contributed by atoms with van der Waals surface area (Å²) in [6, 6.07) is 21.7. The molecule has 168 valence electrons. The van der Waals surface area contributed by atoms with Crippen LogP contribution in [0.1, 0.15) is 60.8 Å². The van der Waals surface area contributed by atoms with Crippen LogP contribution in [-0.2, 0) is 19.3 Å². The van der Waals surface area contributed by atoms with Crippen molar-refractivity contribution in [3.63, 3.8) is 0 Å². The summed E-state index contributed by atoms with van der Waals surface area (Å²) >= 11 is 0. The van der Waals surface area contributed by atoms with Gasteiger partial charge in [-0.25, -0.2) is 0 Å². The Morgan fingerprint density at radius 3 is 2.25 bits per heavy atom. The minimum absolute atomic E-state index is 0.196. The van der Waals surface area contributed by atoms with E-state index in [1.165, 1.54) is 53.6 Å². The Labute approximate surface area is 188 Å². The highest BCUT2D eigenvalue weighted by Gasteiger charge is 2.31. The molecule has 1 atom stereocenters. The molecule has 1 nitrogen and oxygen atoms in total. The van der Waals surface area contributed by atoms with E-state index in [0.29, 0.717) is 5.92 Å². The van der Waals surface area contributed by atoms with Gasteiger partial charge < -0.3 is 4.74 Å². The average Bonchev–Trinajstić information content (AvgIpc) is 2.78. The van der Waals surface area contributed by atoms with E-state index in [4.69, 9.17) is 0 Å². The van der Waals surface area contributed by atoms with Crippen LogP contribution in [0.4, 0.5) is 13.2 Å². The van der Waals surface area contributed by atoms with Gasteiger partial charge in [0, 0.05) is 0 Å². The second kappa shape index (κ2) is 9.81. The molecule has 4 rings (SSSR count). The summed E-state index contributed by atoms with van der Waals surface area (Å²) in [6.07, 6.45) is 3.45. The van der Waals surface area contributed by atoms with Gasteiger partial charge in [0.1, 0.15) is 5.75 Å². The van der Waals surface area contributed by atoms with Crippen LogP contribution in [0.2, 0.25) is 0 Å². The molecule has 0 amide bonds. The normalized spacial score (nSPS) is 15.9. The number of rotatable bonds is 7. The molecule has 0 aliphatic heterocycles. The van der Waals surface area contributed by atoms with Gasteiger partial charge in [0.05, 0.1) is 0 Å². The molecule has 0 saturated carbocycles. The maximum atomic E-state index is 12.4. The summed E-state index contributed by atoms with van der Waals surface area (Å²) in [7, 11) is 0. The van der Waals surface area contributed by atoms with Gasteiger partial charge >= 0.3 is 6.36 Å². The highest BCUT2D eigenvalue weighted by molar-refractivity contribution is 5.66. The molecule has 0 heterocycles. The highest BCUT2D eigenvalue weighted by Crippen LogP contribution is 2.35. The van der Waals surface area contributed by atoms with Crippen molar-refractivity contribution >= 4 is 0 Å². The quantitative estimate of drug-likeness (QED) is 0.337. The van der Waals surface area contributed by atoms with E-state index in [9.17, 15) is 13.2 Å². The van der Waals surface area contributed by atoms with Crippen LogP contribution in [0.5, 0.6) is 5.75 Å². The zero-order valence-corrected chi connectivity index (χ0v) is 18.4. The molecular formula is C28H29F3O. The van der Waals surface area contributed by atoms with Gasteiger partial charge in [0.15, 0.2) is 0 Å². The molecule has 0 saturated heterocycles. The lowest BCUT2D eigenvalue weighted by Gasteiger charge is -2.26. The van der Waals surface area contributed by atoms with Crippen LogP contribution in [0, 0.1) is 0 Å². The summed E-state index contributed by atoms with van der Waals surface area (Å²) in [6.45, 7) is 2.23. The molecule has 1 aliphatic carbocycles. The first kappa shape index (κ1) is 22.4. The van der Waals surface area contributed by atoms with Gasteiger partial charge in [-0.15, -0.1) is 13.2 Å². The number of hydrogen-bond donors (Lipinski definition) is 0. The first-order valence-electron chi connectivity index (χ1n) is 11.5. The summed E-state index contributed by atoms with van der Waals surface area (Å²) in [5.74, 6) is 0.343. The minimum Gasteiger partial charge on any atom is -0.406 e. The summed E-state index contributed by atoms with van der Waals surface area (Å²) < 4.78 is 41.1. The topological polar surface area (TPSA) is 9.23 Å². The lowest BCUT2D eigenvalue weighted by Crippen LogP contribution is -2.16. The monoisotopic (exact) mass is 438 g/mol. The van der Waals surface area contributed by atoms with Gasteiger partial charge in [-0.05, 0) is 83.5 Å². The predicted molar refractivity (Wildman–Crippen MR) is 123 cm³/mol. The summed E-state index contributed by atoms with van der Waals surface area (Å²) in [5, 5.41) is 0. The van der Waals surface area contributed by atoms with Crippen LogP contribution in [0.3, 0.4) is 0 Å². The van der Waals surface area contributed by atoms with E-state index < -0.39 is 6.36 Å². The van der Waals surface area contributed by atoms with E-state index in [-0.39, 0.29) is 5.75 Å². The van der Waals surface area contributed by atoms with Crippen LogP contribution in [0.15, 0.2) is 66.7 Å². The van der Waals surface area contributed by atoms with Crippen LogP contribution >= 0.6 is 0 Å². The van der Waals surface area contributed by atoms with Gasteiger partial charge in [-0.1, -0.05) is 74.4 Å². The third-order valence-corrected chi connectivity index (χ3v) is 6.38. The number of aryl methyl sites for hydroxylation is 2. The molecule has 4 heteroatoms. The number of unbranched alkanes of at least 4 members (excludes halogenated alkanes) is 2. The Morgan fingerprint density at radius 1 is 0.844 bits per heavy atom. The van der Waals surface area contributed by atoms with Gasteiger partial charge in [0.25, 0.3) is 0 Å². The number of benzene rings is 3. The van der Waals surface area contributed by atoms with Crippen molar-refractivity contribution in [2.24, 2.45) is 0 Å². The van der Waals surface area contributed by atoms with Gasteiger partial charge in [-0.2, -0.15) is 0 Å². The van der Waals surface area contributed by atoms with Crippen molar-refractivity contribution in [2.45, 2.75) is 64.1 Å². The molecule has 3 aromatic carbocycles. The van der Waals surface area contributed by atoms with Crippen LogP contribution in [0.25, 0.3) is 11.1 Å². The second-order valence-corrected chi connectivity index (χ2v) is 8.69. The van der Waals surface area contributed by atoms with Gasteiger partial charge in [0.2, 0.25) is 0 Å². The first-order valence-corrected chi connectivity index (χ1v) is 11.5. The fourth-order valence-electron chi connectivity index (χ4n) is 4.60. The number of ether oxygens (including phenoxy) is 1. The van der Waals surface area contributed by atoms with Gasteiger partial charge in [-0.3, -0.25) is 0 Å². The SMILES string of the molecule is CCCCCc1ccc(C2CCc3cc(-c4ccc(OC(F)(F)F)cc4)ccc3C2)cc1. The third-order valence-electron chi connectivity index (χ3n) is 6.38. The zero-order valence-electron chi connectivity index (χ0n) is 18.4. The van der Waals surface area contributed by atoms with E-state index in [1.54, 1.807) is 12.1 Å². The van der Waals surface area contributed by atoms with E-state index in [0.717, 1.165) is 36.8 Å². The molecular weight excluding hydrogens is 409 g/mol. The predicted octanol–water partition coefficient (Wildman–Crippen LogP) is 8.26. The van der Waals surface area contributed by atoms with E-state index in [2.05, 4.69) is 54.1 Å². The zero-order chi connectivity index (χ0) is 22.6. The largest absolute Gasteiger partial charge is 0.573 e. The van der Waals surface area contributed by atoms with Crippen molar-refractivity contribution in [3.05, 3.63) is 89.0 Å². The van der Waals surface area contributed by atoms with E-state index >= 15 is 0 Å². The lowest BCUT2D eigenvalue weighted by atomic mass is 9.79. The summed E-state index contributed by atoms with van der Waals surface area (Å²) in [4.78, 5) is 0. The van der Waals surface area contributed by atoms with Crippen molar-refractivity contribution in [2.75, 3.05) is 0 Å². The first-order chi connectivity index (χ1) is 15.4. The highest BCUT2D eigenvalue weighted by atomic mass is 19.4. The van der Waals surface area contributed by atoms with Crippen molar-refractivity contribution < 1.29 is 17.9 Å². The molecule has 0 spiro atoms. The second-order valence-electron chi connectivity index (χ2n) is 8.69. The maximum Gasteiger partial charge on any atom is 0.573 e. The molecule has 1 unspecified atom stereocenters. The Kier molecular flexibility index (Phi) is 6.88. The fourth-order valence-corrected chi connectivity index (χ4v) is 4.60. The standard InChI is InChI=1S/C28H29F3O/c1-2-3-4-5-20-6-8-21(9-7-20)23-10-12-26-19-24(11-13-25(26)18-23)22-14-16-27(17-15-22)32-28(29,30)31/h6-9,11,13-17,19,23H,2-5,10,12,18H2,1H3. The Bertz CT molecular complexity index is 1020. The number of hydrogen-bond acceptors (Lipinski definition) is 1. The smallest absolute Gasteiger partial charge is 0.406 e. The third kappa shape index (κ3) is 5.73. The molecule has 0 radical (unpaired) electrons. The maximum absolute atomic E-state index is 12.4. The molecule has 0 N–H and O–H groups in total. The van der Waals surface area contributed by atoms with E-state index in [1.807, 2.05) is 0 Å². The Balaban J connectivity index is 1.42. The van der Waals surface area contributed by atoms with Crippen molar-refractivity contribution in [1.29, 1.82) is 0 Å². The minimum atomic E-state index is -4.67. The molecule has 3 aromatic rings.